The predicted octanol–water partition coefficient (Wildman–Crippen LogP) is 6.12. The highest BCUT2D eigenvalue weighted by molar-refractivity contribution is 5.51. The molecule has 0 bridgehead atoms. The van der Waals surface area contributed by atoms with Crippen molar-refractivity contribution in [3.63, 3.8) is 0 Å². The molecule has 0 aliphatic carbocycles. The summed E-state index contributed by atoms with van der Waals surface area (Å²) in [6.07, 6.45) is -15.2. The molecule has 42 heavy (non-hydrogen) atoms. The van der Waals surface area contributed by atoms with Crippen molar-refractivity contribution in [1.29, 1.82) is 0 Å². The van der Waals surface area contributed by atoms with Gasteiger partial charge in [-0.25, -0.2) is 28.1 Å². The van der Waals surface area contributed by atoms with Gasteiger partial charge in [0.05, 0.1) is 33.8 Å². The van der Waals surface area contributed by atoms with Crippen molar-refractivity contribution >= 4 is 0 Å². The fourth-order valence-electron chi connectivity index (χ4n) is 4.49. The molecule has 0 N–H and O–H groups in total. The van der Waals surface area contributed by atoms with Gasteiger partial charge in [-0.3, -0.25) is 0 Å². The number of aryl methyl sites for hydroxylation is 3. The highest BCUT2D eigenvalue weighted by atomic mass is 19.4. The summed E-state index contributed by atoms with van der Waals surface area (Å²) in [7, 11) is 0. The van der Waals surface area contributed by atoms with Gasteiger partial charge in [0, 0.05) is 0 Å². The molecule has 0 atom stereocenters. The minimum absolute atomic E-state index is 0.0459. The van der Waals surface area contributed by atoms with Gasteiger partial charge >= 0.3 is 35.6 Å². The molecule has 0 aliphatic heterocycles. The second kappa shape index (κ2) is 10.1. The SMILES string of the molecule is Cc1ccc(-n2c(=O)n(-c3ccc(C(F)(F)F)cc3C)c(=O)n(-c3c(C)cccc3C(F)(F)F)c2=O)c(C(F)(F)F)c1. The predicted molar refractivity (Wildman–Crippen MR) is 132 cm³/mol. The van der Waals surface area contributed by atoms with Gasteiger partial charge in [0.2, 0.25) is 0 Å². The lowest BCUT2D eigenvalue weighted by Crippen LogP contribution is -2.53. The first kappa shape index (κ1) is 30.4. The van der Waals surface area contributed by atoms with Crippen LogP contribution in [0.4, 0.5) is 39.5 Å². The van der Waals surface area contributed by atoms with Crippen molar-refractivity contribution in [2.75, 3.05) is 0 Å². The molecule has 0 aliphatic rings. The smallest absolute Gasteiger partial charge is 0.246 e. The Labute approximate surface area is 229 Å². The van der Waals surface area contributed by atoms with Gasteiger partial charge in [0.15, 0.2) is 0 Å². The van der Waals surface area contributed by atoms with Gasteiger partial charge in [0.25, 0.3) is 0 Å². The lowest BCUT2D eigenvalue weighted by molar-refractivity contribution is -0.138. The molecule has 3 aromatic carbocycles. The number of alkyl halides is 9. The number of para-hydroxylation sites is 1. The van der Waals surface area contributed by atoms with Gasteiger partial charge < -0.3 is 0 Å². The van der Waals surface area contributed by atoms with Crippen molar-refractivity contribution in [3.8, 4) is 17.1 Å². The molecule has 4 rings (SSSR count). The first-order valence-corrected chi connectivity index (χ1v) is 11.8. The van der Waals surface area contributed by atoms with Gasteiger partial charge in [-0.05, 0) is 68.3 Å². The average Bonchev–Trinajstić information content (AvgIpc) is 2.84. The third-order valence-corrected chi connectivity index (χ3v) is 6.38. The van der Waals surface area contributed by atoms with Crippen LogP contribution in [0, 0.1) is 20.8 Å². The van der Waals surface area contributed by atoms with Crippen molar-refractivity contribution in [3.05, 3.63) is 119 Å². The third-order valence-electron chi connectivity index (χ3n) is 6.38. The lowest BCUT2D eigenvalue weighted by Gasteiger charge is -2.21. The first-order chi connectivity index (χ1) is 19.2. The van der Waals surface area contributed by atoms with Crippen LogP contribution in [0.15, 0.2) is 69.0 Å². The van der Waals surface area contributed by atoms with E-state index in [1.165, 1.54) is 6.92 Å². The molecule has 0 spiro atoms. The van der Waals surface area contributed by atoms with Crippen LogP contribution in [0.25, 0.3) is 17.1 Å². The maximum absolute atomic E-state index is 14.1. The number of nitrogens with zero attached hydrogens (tertiary/aromatic N) is 3. The van der Waals surface area contributed by atoms with Gasteiger partial charge in [0.1, 0.15) is 0 Å². The Hall–Kier alpha value is -4.56. The molecular weight excluding hydrogens is 585 g/mol. The van der Waals surface area contributed by atoms with Crippen molar-refractivity contribution in [2.45, 2.75) is 39.3 Å². The van der Waals surface area contributed by atoms with Crippen LogP contribution in [-0.4, -0.2) is 13.7 Å². The molecule has 0 radical (unpaired) electrons. The Morgan fingerprint density at radius 1 is 0.524 bits per heavy atom. The van der Waals surface area contributed by atoms with Crippen LogP contribution >= 0.6 is 0 Å². The van der Waals surface area contributed by atoms with E-state index in [1.54, 1.807) is 0 Å². The standard InChI is InChI=1S/C27H18F9N3O3/c1-13-7-9-20(18(11-13)27(34,35)36)38-22(40)37(19-10-8-16(12-15(19)3)25(28,29)30)23(41)39(24(38)42)21-14(2)5-4-6-17(21)26(31,32)33/h4-12H,1-3H3. The molecule has 1 aromatic heterocycles. The zero-order valence-electron chi connectivity index (χ0n) is 21.7. The van der Waals surface area contributed by atoms with Crippen LogP contribution in [0.3, 0.4) is 0 Å². The number of halogens is 9. The molecular formula is C27H18F9N3O3. The number of hydrogen-bond donors (Lipinski definition) is 0. The number of hydrogen-bond acceptors (Lipinski definition) is 3. The quantitative estimate of drug-likeness (QED) is 0.265. The van der Waals surface area contributed by atoms with E-state index < -0.39 is 69.4 Å². The molecule has 1 heterocycles. The maximum atomic E-state index is 14.1. The maximum Gasteiger partial charge on any atom is 0.418 e. The lowest BCUT2D eigenvalue weighted by atomic mass is 10.1. The number of benzene rings is 3. The second-order valence-electron chi connectivity index (χ2n) is 9.34. The average molecular weight is 603 g/mol. The highest BCUT2D eigenvalue weighted by Gasteiger charge is 2.38. The summed E-state index contributed by atoms with van der Waals surface area (Å²) >= 11 is 0. The molecule has 0 amide bonds. The summed E-state index contributed by atoms with van der Waals surface area (Å²) in [5, 5.41) is 0. The summed E-state index contributed by atoms with van der Waals surface area (Å²) < 4.78 is 124. The summed E-state index contributed by atoms with van der Waals surface area (Å²) in [4.78, 5) is 41.0. The van der Waals surface area contributed by atoms with Gasteiger partial charge in [-0.2, -0.15) is 39.5 Å². The monoisotopic (exact) mass is 603 g/mol. The third kappa shape index (κ3) is 5.25. The molecule has 6 nitrogen and oxygen atoms in total. The van der Waals surface area contributed by atoms with Crippen LogP contribution in [0.5, 0.6) is 0 Å². The van der Waals surface area contributed by atoms with E-state index >= 15 is 0 Å². The Kier molecular flexibility index (Phi) is 7.28. The molecule has 0 unspecified atom stereocenters. The normalized spacial score (nSPS) is 12.6. The van der Waals surface area contributed by atoms with E-state index in [1.807, 2.05) is 0 Å². The van der Waals surface area contributed by atoms with E-state index in [0.29, 0.717) is 30.3 Å². The van der Waals surface area contributed by atoms with Crippen molar-refractivity contribution in [2.24, 2.45) is 0 Å². The molecule has 222 valence electrons. The van der Waals surface area contributed by atoms with E-state index in [2.05, 4.69) is 0 Å². The fourth-order valence-corrected chi connectivity index (χ4v) is 4.49. The minimum Gasteiger partial charge on any atom is -0.246 e. The van der Waals surface area contributed by atoms with E-state index in [-0.39, 0.29) is 30.4 Å². The summed E-state index contributed by atoms with van der Waals surface area (Å²) in [5.74, 6) is 0. The fraction of sp³-hybridized carbons (Fsp3) is 0.222. The van der Waals surface area contributed by atoms with Crippen LogP contribution in [0.1, 0.15) is 33.4 Å². The van der Waals surface area contributed by atoms with E-state index in [0.717, 1.165) is 38.1 Å². The summed E-state index contributed by atoms with van der Waals surface area (Å²) in [6.45, 7) is 3.40. The Bertz CT molecular complexity index is 1890. The minimum atomic E-state index is -5.18. The van der Waals surface area contributed by atoms with Gasteiger partial charge in [-0.1, -0.05) is 23.8 Å². The molecule has 0 saturated heterocycles. The molecule has 15 heteroatoms. The summed E-state index contributed by atoms with van der Waals surface area (Å²) in [6, 6.07) is 6.62. The second-order valence-corrected chi connectivity index (χ2v) is 9.34. The zero-order valence-corrected chi connectivity index (χ0v) is 21.7. The van der Waals surface area contributed by atoms with Crippen LogP contribution in [-0.2, 0) is 18.5 Å². The molecule has 0 fully saturated rings. The topological polar surface area (TPSA) is 66.0 Å². The van der Waals surface area contributed by atoms with Crippen molar-refractivity contribution < 1.29 is 39.5 Å². The van der Waals surface area contributed by atoms with E-state index in [4.69, 9.17) is 0 Å². The Morgan fingerprint density at radius 3 is 1.57 bits per heavy atom. The van der Waals surface area contributed by atoms with E-state index in [9.17, 15) is 53.9 Å². The first-order valence-electron chi connectivity index (χ1n) is 11.8. The summed E-state index contributed by atoms with van der Waals surface area (Å²) in [5.41, 5.74) is -13.1. The molecule has 4 aromatic rings. The Balaban J connectivity index is 2.29. The largest absolute Gasteiger partial charge is 0.418 e. The van der Waals surface area contributed by atoms with Gasteiger partial charge in [-0.15, -0.1) is 0 Å². The van der Waals surface area contributed by atoms with Crippen LogP contribution < -0.4 is 17.1 Å². The Morgan fingerprint density at radius 2 is 1.05 bits per heavy atom. The molecule has 0 saturated carbocycles. The number of aromatic nitrogens is 3. The van der Waals surface area contributed by atoms with Crippen molar-refractivity contribution in [1.82, 2.24) is 13.7 Å². The highest BCUT2D eigenvalue weighted by Crippen LogP contribution is 2.36. The number of rotatable bonds is 3. The van der Waals surface area contributed by atoms with Crippen LogP contribution in [0.2, 0.25) is 0 Å². The zero-order chi connectivity index (χ0) is 31.5.